The van der Waals surface area contributed by atoms with Gasteiger partial charge in [-0.1, -0.05) is 18.2 Å². The molecule has 3 nitrogen and oxygen atoms in total. The molecule has 0 atom stereocenters. The van der Waals surface area contributed by atoms with Gasteiger partial charge in [-0.2, -0.15) is 5.10 Å². The lowest BCUT2D eigenvalue weighted by molar-refractivity contribution is 0.0954. The van der Waals surface area contributed by atoms with E-state index in [-0.39, 0.29) is 5.91 Å². The average Bonchev–Trinajstić information content (AvgIpc) is 2.75. The Kier molecular flexibility index (Phi) is 4.28. The number of thiophene rings is 1. The van der Waals surface area contributed by atoms with Crippen molar-refractivity contribution in [3.05, 3.63) is 56.2 Å². The number of benzene rings is 1. The monoisotopic (exact) mass is 322 g/mol. The molecule has 0 saturated carbocycles. The Labute approximate surface area is 118 Å². The van der Waals surface area contributed by atoms with E-state index in [1.54, 1.807) is 23.6 Å². The number of carbonyl (C=O) groups is 1. The topological polar surface area (TPSA) is 41.5 Å². The van der Waals surface area contributed by atoms with Gasteiger partial charge in [0.1, 0.15) is 0 Å². The maximum Gasteiger partial charge on any atom is 0.271 e. The highest BCUT2D eigenvalue weighted by molar-refractivity contribution is 9.11. The van der Waals surface area contributed by atoms with E-state index in [0.717, 1.165) is 14.2 Å². The molecule has 92 valence electrons. The molecule has 0 aliphatic carbocycles. The fourth-order valence-corrected chi connectivity index (χ4v) is 2.74. The van der Waals surface area contributed by atoms with E-state index in [1.807, 2.05) is 37.3 Å². The fourth-order valence-electron chi connectivity index (χ4n) is 1.44. The zero-order chi connectivity index (χ0) is 13.0. The molecule has 0 bridgehead atoms. The van der Waals surface area contributed by atoms with Crippen molar-refractivity contribution in [2.75, 3.05) is 0 Å². The predicted molar refractivity (Wildman–Crippen MR) is 78.3 cm³/mol. The highest BCUT2D eigenvalue weighted by Gasteiger charge is 2.06. The number of halogens is 1. The number of nitrogens with one attached hydrogen (secondary N) is 1. The van der Waals surface area contributed by atoms with Gasteiger partial charge in [0.15, 0.2) is 0 Å². The Morgan fingerprint density at radius 2 is 2.11 bits per heavy atom. The molecule has 1 aromatic carbocycles. The second-order valence-corrected chi connectivity index (χ2v) is 6.15. The molecule has 18 heavy (non-hydrogen) atoms. The zero-order valence-corrected chi connectivity index (χ0v) is 12.1. The van der Waals surface area contributed by atoms with E-state index < -0.39 is 0 Å². The van der Waals surface area contributed by atoms with Crippen molar-refractivity contribution in [3.8, 4) is 0 Å². The molecule has 0 saturated heterocycles. The second-order valence-electron chi connectivity index (χ2n) is 3.66. The maximum atomic E-state index is 11.8. The molecular weight excluding hydrogens is 312 g/mol. The van der Waals surface area contributed by atoms with E-state index >= 15 is 0 Å². The van der Waals surface area contributed by atoms with E-state index in [1.165, 1.54) is 0 Å². The standard InChI is InChI=1S/C13H11BrN2OS/c1-9-4-2-3-5-11(9)13(17)16-15-8-10-6-7-12(14)18-10/h2-8H,1H3,(H,16,17)/b15-8+. The van der Waals surface area contributed by atoms with Crippen molar-refractivity contribution in [1.82, 2.24) is 5.43 Å². The molecule has 1 N–H and O–H groups in total. The predicted octanol–water partition coefficient (Wildman–Crippen LogP) is 3.58. The molecule has 0 aliphatic heterocycles. The quantitative estimate of drug-likeness (QED) is 0.681. The van der Waals surface area contributed by atoms with E-state index in [0.29, 0.717) is 5.56 Å². The summed E-state index contributed by atoms with van der Waals surface area (Å²) in [6.07, 6.45) is 1.63. The van der Waals surface area contributed by atoms with Gasteiger partial charge in [-0.05, 0) is 46.6 Å². The van der Waals surface area contributed by atoms with Crippen LogP contribution in [0.4, 0.5) is 0 Å². The molecule has 5 heteroatoms. The summed E-state index contributed by atoms with van der Waals surface area (Å²) in [5.74, 6) is -0.194. The normalized spacial score (nSPS) is 10.8. The van der Waals surface area contributed by atoms with Crippen molar-refractivity contribution < 1.29 is 4.79 Å². The zero-order valence-electron chi connectivity index (χ0n) is 9.68. The first kappa shape index (κ1) is 13.0. The van der Waals surface area contributed by atoms with Crippen molar-refractivity contribution in [1.29, 1.82) is 0 Å². The van der Waals surface area contributed by atoms with Crippen LogP contribution in [0.5, 0.6) is 0 Å². The van der Waals surface area contributed by atoms with Gasteiger partial charge < -0.3 is 0 Å². The van der Waals surface area contributed by atoms with Crippen LogP contribution < -0.4 is 5.43 Å². The van der Waals surface area contributed by atoms with Gasteiger partial charge in [0.05, 0.1) is 10.0 Å². The maximum absolute atomic E-state index is 11.8. The van der Waals surface area contributed by atoms with Gasteiger partial charge in [-0.25, -0.2) is 5.43 Å². The lowest BCUT2D eigenvalue weighted by Gasteiger charge is -2.02. The number of nitrogens with zero attached hydrogens (tertiary/aromatic N) is 1. The van der Waals surface area contributed by atoms with E-state index in [9.17, 15) is 4.79 Å². The highest BCUT2D eigenvalue weighted by atomic mass is 79.9. The van der Waals surface area contributed by atoms with Gasteiger partial charge in [-0.15, -0.1) is 11.3 Å². The van der Waals surface area contributed by atoms with Gasteiger partial charge >= 0.3 is 0 Å². The highest BCUT2D eigenvalue weighted by Crippen LogP contribution is 2.20. The van der Waals surface area contributed by atoms with E-state index in [2.05, 4.69) is 26.5 Å². The van der Waals surface area contributed by atoms with Gasteiger partial charge in [0.25, 0.3) is 5.91 Å². The van der Waals surface area contributed by atoms with Gasteiger partial charge in [-0.3, -0.25) is 4.79 Å². The first-order valence-corrected chi connectivity index (χ1v) is 6.92. The van der Waals surface area contributed by atoms with Gasteiger partial charge in [0, 0.05) is 10.4 Å². The number of rotatable bonds is 3. The summed E-state index contributed by atoms with van der Waals surface area (Å²) in [7, 11) is 0. The van der Waals surface area contributed by atoms with E-state index in [4.69, 9.17) is 0 Å². The van der Waals surface area contributed by atoms with Crippen molar-refractivity contribution in [2.24, 2.45) is 5.10 Å². The lowest BCUT2D eigenvalue weighted by atomic mass is 10.1. The Bertz CT molecular complexity index is 592. The Morgan fingerprint density at radius 3 is 2.78 bits per heavy atom. The summed E-state index contributed by atoms with van der Waals surface area (Å²) in [6.45, 7) is 1.90. The van der Waals surface area contributed by atoms with Crippen LogP contribution in [-0.2, 0) is 0 Å². The van der Waals surface area contributed by atoms with Gasteiger partial charge in [0.2, 0.25) is 0 Å². The molecule has 2 aromatic rings. The number of carbonyl (C=O) groups excluding carboxylic acids is 1. The Morgan fingerprint density at radius 1 is 1.33 bits per heavy atom. The smallest absolute Gasteiger partial charge is 0.267 e. The number of amides is 1. The summed E-state index contributed by atoms with van der Waals surface area (Å²) in [5, 5.41) is 3.94. The number of hydrogen-bond acceptors (Lipinski definition) is 3. The average molecular weight is 323 g/mol. The fraction of sp³-hybridized carbons (Fsp3) is 0.0769. The minimum Gasteiger partial charge on any atom is -0.267 e. The van der Waals surface area contributed by atoms with Crippen LogP contribution in [-0.4, -0.2) is 12.1 Å². The summed E-state index contributed by atoms with van der Waals surface area (Å²) in [5.41, 5.74) is 4.09. The molecule has 1 aromatic heterocycles. The van der Waals surface area contributed by atoms with Crippen LogP contribution >= 0.6 is 27.3 Å². The van der Waals surface area contributed by atoms with Crippen LogP contribution in [0, 0.1) is 6.92 Å². The molecule has 0 fully saturated rings. The number of hydrazone groups is 1. The van der Waals surface area contributed by atoms with Crippen LogP contribution in [0.2, 0.25) is 0 Å². The molecule has 0 spiro atoms. The summed E-state index contributed by atoms with van der Waals surface area (Å²) in [4.78, 5) is 12.8. The largest absolute Gasteiger partial charge is 0.271 e. The van der Waals surface area contributed by atoms with Crippen molar-refractivity contribution in [3.63, 3.8) is 0 Å². The van der Waals surface area contributed by atoms with Crippen molar-refractivity contribution >= 4 is 39.4 Å². The van der Waals surface area contributed by atoms with Crippen LogP contribution in [0.25, 0.3) is 0 Å². The third kappa shape index (κ3) is 3.27. The van der Waals surface area contributed by atoms with Crippen LogP contribution in [0.15, 0.2) is 45.3 Å². The molecule has 1 heterocycles. The first-order chi connectivity index (χ1) is 8.66. The third-order valence-electron chi connectivity index (χ3n) is 2.34. The molecule has 0 aliphatic rings. The number of aryl methyl sites for hydroxylation is 1. The summed E-state index contributed by atoms with van der Waals surface area (Å²) in [6, 6.07) is 11.3. The SMILES string of the molecule is Cc1ccccc1C(=O)N/N=C/c1ccc(Br)s1. The van der Waals surface area contributed by atoms with Crippen molar-refractivity contribution in [2.45, 2.75) is 6.92 Å². The Hall–Kier alpha value is -1.46. The third-order valence-corrected chi connectivity index (χ3v) is 3.90. The second kappa shape index (κ2) is 5.93. The molecule has 2 rings (SSSR count). The molecule has 1 amide bonds. The molecule has 0 unspecified atom stereocenters. The Balaban J connectivity index is 2.01. The summed E-state index contributed by atoms with van der Waals surface area (Å²) < 4.78 is 1.04. The molecular formula is C13H11BrN2OS. The lowest BCUT2D eigenvalue weighted by Crippen LogP contribution is -2.18. The minimum absolute atomic E-state index is 0.194. The minimum atomic E-state index is -0.194. The van der Waals surface area contributed by atoms with Crippen LogP contribution in [0.1, 0.15) is 20.8 Å². The molecule has 0 radical (unpaired) electrons. The number of hydrogen-bond donors (Lipinski definition) is 1. The summed E-state index contributed by atoms with van der Waals surface area (Å²) >= 11 is 4.92. The first-order valence-electron chi connectivity index (χ1n) is 5.31. The van der Waals surface area contributed by atoms with Crippen LogP contribution in [0.3, 0.4) is 0 Å².